The van der Waals surface area contributed by atoms with Gasteiger partial charge in [0.05, 0.1) is 11.7 Å². The van der Waals surface area contributed by atoms with Crippen molar-refractivity contribution in [1.82, 2.24) is 5.32 Å². The summed E-state index contributed by atoms with van der Waals surface area (Å²) in [5.74, 6) is -0.622. The number of allylic oxidation sites excluding steroid dienone is 3. The summed E-state index contributed by atoms with van der Waals surface area (Å²) in [5.41, 5.74) is 4.93. The monoisotopic (exact) mass is 493 g/mol. The molecule has 0 saturated carbocycles. The van der Waals surface area contributed by atoms with E-state index in [1.165, 1.54) is 0 Å². The van der Waals surface area contributed by atoms with E-state index < -0.39 is 5.92 Å². The standard InChI is InChI=1S/C27H28BrNO3/c1-4-16(2)32-27(31)24-17(3)29-22-14-19(18-10-6-5-7-11-18)15-23(30)26(22)25(24)20-12-8-9-13-21(20)28/h5-13,16,19,25,29H,4,14-15H2,1-3H3/t16-,19+,25+/m0/s1. The fourth-order valence-electron chi connectivity index (χ4n) is 4.62. The number of ketones is 1. The molecule has 1 heterocycles. The Morgan fingerprint density at radius 1 is 1.12 bits per heavy atom. The van der Waals surface area contributed by atoms with E-state index in [4.69, 9.17) is 4.74 Å². The van der Waals surface area contributed by atoms with Gasteiger partial charge in [-0.15, -0.1) is 0 Å². The highest BCUT2D eigenvalue weighted by Gasteiger charge is 2.42. The molecule has 0 amide bonds. The van der Waals surface area contributed by atoms with Gasteiger partial charge in [-0.3, -0.25) is 4.79 Å². The molecule has 4 rings (SSSR count). The highest BCUT2D eigenvalue weighted by molar-refractivity contribution is 9.10. The molecular formula is C27H28BrNO3. The molecule has 0 radical (unpaired) electrons. The van der Waals surface area contributed by atoms with Crippen LogP contribution in [0.25, 0.3) is 0 Å². The molecule has 32 heavy (non-hydrogen) atoms. The van der Waals surface area contributed by atoms with E-state index in [9.17, 15) is 9.59 Å². The highest BCUT2D eigenvalue weighted by Crippen LogP contribution is 2.47. The molecule has 1 aliphatic carbocycles. The van der Waals surface area contributed by atoms with Crippen molar-refractivity contribution in [2.45, 2.75) is 58.0 Å². The molecular weight excluding hydrogens is 466 g/mol. The average Bonchev–Trinajstić information content (AvgIpc) is 2.78. The predicted molar refractivity (Wildman–Crippen MR) is 129 cm³/mol. The number of hydrogen-bond donors (Lipinski definition) is 1. The molecule has 2 aromatic rings. The Morgan fingerprint density at radius 2 is 1.81 bits per heavy atom. The number of esters is 1. The van der Waals surface area contributed by atoms with Crippen LogP contribution in [0.1, 0.15) is 63.0 Å². The minimum atomic E-state index is -0.456. The Kier molecular flexibility index (Phi) is 6.66. The van der Waals surface area contributed by atoms with Crippen molar-refractivity contribution in [2.24, 2.45) is 0 Å². The fourth-order valence-corrected chi connectivity index (χ4v) is 5.13. The molecule has 0 unspecified atom stereocenters. The average molecular weight is 494 g/mol. The third-order valence-electron chi connectivity index (χ3n) is 6.42. The van der Waals surface area contributed by atoms with Gasteiger partial charge < -0.3 is 10.1 Å². The lowest BCUT2D eigenvalue weighted by Gasteiger charge is -2.37. The van der Waals surface area contributed by atoms with Crippen LogP contribution >= 0.6 is 15.9 Å². The summed E-state index contributed by atoms with van der Waals surface area (Å²) in [6.07, 6.45) is 1.70. The molecule has 0 fully saturated rings. The van der Waals surface area contributed by atoms with E-state index in [-0.39, 0.29) is 23.8 Å². The maximum absolute atomic E-state index is 13.6. The molecule has 2 aliphatic rings. The molecule has 0 spiro atoms. The lowest BCUT2D eigenvalue weighted by molar-refractivity contribution is -0.144. The number of carbonyl (C=O) groups excluding carboxylic acids is 2. The topological polar surface area (TPSA) is 55.4 Å². The van der Waals surface area contributed by atoms with Crippen LogP contribution in [0.3, 0.4) is 0 Å². The lowest BCUT2D eigenvalue weighted by atomic mass is 9.72. The second kappa shape index (κ2) is 9.45. The molecule has 0 saturated heterocycles. The first-order valence-corrected chi connectivity index (χ1v) is 11.9. The zero-order chi connectivity index (χ0) is 22.8. The number of benzene rings is 2. The molecule has 5 heteroatoms. The van der Waals surface area contributed by atoms with E-state index in [1.54, 1.807) is 0 Å². The second-order valence-electron chi connectivity index (χ2n) is 8.57. The summed E-state index contributed by atoms with van der Waals surface area (Å²) >= 11 is 3.65. The molecule has 3 atom stereocenters. The van der Waals surface area contributed by atoms with Crippen LogP contribution < -0.4 is 5.32 Å². The van der Waals surface area contributed by atoms with E-state index >= 15 is 0 Å². The predicted octanol–water partition coefficient (Wildman–Crippen LogP) is 6.15. The van der Waals surface area contributed by atoms with E-state index in [0.717, 1.165) is 39.8 Å². The number of nitrogens with one attached hydrogen (secondary N) is 1. The summed E-state index contributed by atoms with van der Waals surface area (Å²) in [5, 5.41) is 3.41. The van der Waals surface area contributed by atoms with Gasteiger partial charge in [-0.25, -0.2) is 4.79 Å². The van der Waals surface area contributed by atoms with Crippen molar-refractivity contribution in [2.75, 3.05) is 0 Å². The summed E-state index contributed by atoms with van der Waals surface area (Å²) in [4.78, 5) is 26.8. The van der Waals surface area contributed by atoms with Gasteiger partial charge in [-0.1, -0.05) is 71.4 Å². The number of dihydropyridines is 1. The van der Waals surface area contributed by atoms with Gasteiger partial charge in [-0.2, -0.15) is 0 Å². The third-order valence-corrected chi connectivity index (χ3v) is 7.14. The number of hydrogen-bond acceptors (Lipinski definition) is 4. The van der Waals surface area contributed by atoms with Gasteiger partial charge in [0.2, 0.25) is 0 Å². The van der Waals surface area contributed by atoms with Crippen LogP contribution in [0.5, 0.6) is 0 Å². The zero-order valence-electron chi connectivity index (χ0n) is 18.7. The van der Waals surface area contributed by atoms with E-state index in [2.05, 4.69) is 33.4 Å². The maximum Gasteiger partial charge on any atom is 0.337 e. The van der Waals surface area contributed by atoms with Gasteiger partial charge in [0, 0.05) is 33.8 Å². The SMILES string of the molecule is CC[C@H](C)OC(=O)C1=C(C)NC2=C(C(=O)C[C@H](c3ccccc3)C2)[C@@H]1c1ccccc1Br. The summed E-state index contributed by atoms with van der Waals surface area (Å²) in [6, 6.07) is 18.0. The van der Waals surface area contributed by atoms with Gasteiger partial charge in [0.15, 0.2) is 5.78 Å². The van der Waals surface area contributed by atoms with Crippen LogP contribution in [0.4, 0.5) is 0 Å². The normalized spacial score (nSPS) is 21.7. The summed E-state index contributed by atoms with van der Waals surface area (Å²) in [6.45, 7) is 5.77. The number of ether oxygens (including phenoxy) is 1. The Labute approximate surface area is 197 Å². The lowest BCUT2D eigenvalue weighted by Crippen LogP contribution is -2.36. The first kappa shape index (κ1) is 22.5. The molecule has 1 aliphatic heterocycles. The van der Waals surface area contributed by atoms with Gasteiger partial charge >= 0.3 is 5.97 Å². The maximum atomic E-state index is 13.6. The minimum Gasteiger partial charge on any atom is -0.459 e. The van der Waals surface area contributed by atoms with Gasteiger partial charge in [0.1, 0.15) is 0 Å². The van der Waals surface area contributed by atoms with E-state index in [0.29, 0.717) is 17.6 Å². The molecule has 166 valence electrons. The van der Waals surface area contributed by atoms with Crippen LogP contribution in [0, 0.1) is 0 Å². The smallest absolute Gasteiger partial charge is 0.337 e. The Bertz CT molecular complexity index is 1100. The minimum absolute atomic E-state index is 0.0784. The van der Waals surface area contributed by atoms with Gasteiger partial charge in [-0.05, 0) is 49.8 Å². The van der Waals surface area contributed by atoms with Crippen molar-refractivity contribution in [3.05, 3.63) is 92.7 Å². The Balaban J connectivity index is 1.80. The summed E-state index contributed by atoms with van der Waals surface area (Å²) in [7, 11) is 0. The van der Waals surface area contributed by atoms with Crippen molar-refractivity contribution in [3.8, 4) is 0 Å². The van der Waals surface area contributed by atoms with E-state index in [1.807, 2.05) is 63.2 Å². The highest BCUT2D eigenvalue weighted by atomic mass is 79.9. The van der Waals surface area contributed by atoms with Crippen molar-refractivity contribution in [3.63, 3.8) is 0 Å². The second-order valence-corrected chi connectivity index (χ2v) is 9.43. The Morgan fingerprint density at radius 3 is 2.50 bits per heavy atom. The Hall–Kier alpha value is -2.66. The largest absolute Gasteiger partial charge is 0.459 e. The van der Waals surface area contributed by atoms with Crippen LogP contribution in [-0.2, 0) is 14.3 Å². The van der Waals surface area contributed by atoms with Gasteiger partial charge in [0.25, 0.3) is 0 Å². The first-order valence-electron chi connectivity index (χ1n) is 11.1. The van der Waals surface area contributed by atoms with Crippen LogP contribution in [0.15, 0.2) is 81.6 Å². The number of halogens is 1. The molecule has 1 N–H and O–H groups in total. The first-order chi connectivity index (χ1) is 15.4. The number of Topliss-reactive ketones (excluding diaryl/α,β-unsaturated/α-hetero) is 1. The molecule has 4 nitrogen and oxygen atoms in total. The van der Waals surface area contributed by atoms with Crippen LogP contribution in [-0.4, -0.2) is 17.9 Å². The molecule has 0 aromatic heterocycles. The van der Waals surface area contributed by atoms with Crippen LogP contribution in [0.2, 0.25) is 0 Å². The van der Waals surface area contributed by atoms with Crippen molar-refractivity contribution >= 4 is 27.7 Å². The van der Waals surface area contributed by atoms with Crippen molar-refractivity contribution < 1.29 is 14.3 Å². The molecule has 0 bridgehead atoms. The zero-order valence-corrected chi connectivity index (χ0v) is 20.2. The summed E-state index contributed by atoms with van der Waals surface area (Å²) < 4.78 is 6.59. The fraction of sp³-hybridized carbons (Fsp3) is 0.333. The number of carbonyl (C=O) groups is 2. The number of rotatable bonds is 5. The quantitative estimate of drug-likeness (QED) is 0.507. The van der Waals surface area contributed by atoms with Crippen molar-refractivity contribution in [1.29, 1.82) is 0 Å². The third kappa shape index (κ3) is 4.31. The molecule has 2 aromatic carbocycles.